The second-order valence-electron chi connectivity index (χ2n) is 5.04. The Morgan fingerprint density at radius 3 is 2.86 bits per heavy atom. The maximum atomic E-state index is 12.2. The zero-order valence-electron chi connectivity index (χ0n) is 12.2. The second-order valence-corrected chi connectivity index (χ2v) is 5.04. The molecule has 3 heterocycles. The Morgan fingerprint density at radius 2 is 2.18 bits per heavy atom. The molecule has 2 aromatic rings. The number of imidazole rings is 1. The minimum Gasteiger partial charge on any atom is -0.382 e. The zero-order chi connectivity index (χ0) is 15.9. The fourth-order valence-electron chi connectivity index (χ4n) is 2.72. The van der Waals surface area contributed by atoms with Crippen molar-refractivity contribution in [3.63, 3.8) is 0 Å². The van der Waals surface area contributed by atoms with E-state index in [1.54, 1.807) is 14.2 Å². The van der Waals surface area contributed by atoms with Gasteiger partial charge in [0.1, 0.15) is 12.3 Å². The molecule has 3 rings (SSSR count). The van der Waals surface area contributed by atoms with Crippen molar-refractivity contribution >= 4 is 17.1 Å². The Kier molecular flexibility index (Phi) is 3.72. The number of nitrogens with zero attached hydrogens (tertiary/aromatic N) is 2. The number of ether oxygens (including phenoxy) is 3. The molecule has 0 aromatic carbocycles. The summed E-state index contributed by atoms with van der Waals surface area (Å²) in [7, 11) is 3.13. The van der Waals surface area contributed by atoms with Gasteiger partial charge in [-0.3, -0.25) is 14.8 Å². The molecular weight excluding hydrogens is 294 g/mol. The Balaban J connectivity index is 2.06. The van der Waals surface area contributed by atoms with Crippen molar-refractivity contribution in [3.8, 4) is 0 Å². The second kappa shape index (κ2) is 5.55. The van der Waals surface area contributed by atoms with E-state index in [2.05, 4.69) is 15.0 Å². The maximum absolute atomic E-state index is 12.2. The number of rotatable bonds is 4. The fraction of sp³-hybridized carbons (Fsp3) is 0.583. The van der Waals surface area contributed by atoms with Crippen molar-refractivity contribution in [2.24, 2.45) is 0 Å². The molecule has 1 saturated heterocycles. The first kappa shape index (κ1) is 14.8. The maximum Gasteiger partial charge on any atom is 0.329 e. The van der Waals surface area contributed by atoms with Crippen molar-refractivity contribution < 1.29 is 14.2 Å². The van der Waals surface area contributed by atoms with Crippen LogP contribution in [0, 0.1) is 0 Å². The molecule has 10 nitrogen and oxygen atoms in total. The van der Waals surface area contributed by atoms with Crippen LogP contribution in [-0.4, -0.2) is 52.6 Å². The number of methoxy groups -OCH3 is 2. The van der Waals surface area contributed by atoms with Crippen molar-refractivity contribution in [1.82, 2.24) is 19.5 Å². The topological polar surface area (TPSA) is 137 Å². The van der Waals surface area contributed by atoms with Crippen LogP contribution in [0.2, 0.25) is 0 Å². The van der Waals surface area contributed by atoms with Crippen LogP contribution < -0.4 is 17.0 Å². The van der Waals surface area contributed by atoms with Crippen LogP contribution in [0.15, 0.2) is 9.59 Å². The van der Waals surface area contributed by atoms with Crippen LogP contribution in [0.4, 0.5) is 5.95 Å². The predicted octanol–water partition coefficient (Wildman–Crippen LogP) is -1.06. The van der Waals surface area contributed by atoms with Gasteiger partial charge in [-0.05, 0) is 0 Å². The lowest BCUT2D eigenvalue weighted by atomic mass is 10.2. The van der Waals surface area contributed by atoms with Gasteiger partial charge in [-0.15, -0.1) is 0 Å². The lowest BCUT2D eigenvalue weighted by molar-refractivity contribution is -0.0604. The molecule has 1 aliphatic heterocycles. The minimum absolute atomic E-state index is 0.0620. The molecule has 120 valence electrons. The predicted molar refractivity (Wildman–Crippen MR) is 76.6 cm³/mol. The highest BCUT2D eigenvalue weighted by Crippen LogP contribution is 2.31. The van der Waals surface area contributed by atoms with Gasteiger partial charge in [0.2, 0.25) is 5.95 Å². The highest BCUT2D eigenvalue weighted by atomic mass is 16.6. The summed E-state index contributed by atoms with van der Waals surface area (Å²) < 4.78 is 17.5. The molecule has 1 aliphatic rings. The Labute approximate surface area is 124 Å². The third-order valence-electron chi connectivity index (χ3n) is 3.70. The molecule has 0 bridgehead atoms. The quantitative estimate of drug-likeness (QED) is 0.654. The van der Waals surface area contributed by atoms with Crippen LogP contribution in [-0.2, 0) is 14.2 Å². The average Bonchev–Trinajstić information content (AvgIpc) is 3.00. The zero-order valence-corrected chi connectivity index (χ0v) is 12.2. The van der Waals surface area contributed by atoms with E-state index in [4.69, 9.17) is 19.9 Å². The van der Waals surface area contributed by atoms with E-state index in [0.29, 0.717) is 13.0 Å². The van der Waals surface area contributed by atoms with Gasteiger partial charge in [0.25, 0.3) is 5.56 Å². The minimum atomic E-state index is -0.611. The Morgan fingerprint density at radius 1 is 1.41 bits per heavy atom. The van der Waals surface area contributed by atoms with Gasteiger partial charge in [0.15, 0.2) is 11.2 Å². The van der Waals surface area contributed by atoms with Crippen LogP contribution in [0.25, 0.3) is 11.2 Å². The van der Waals surface area contributed by atoms with Crippen LogP contribution in [0.1, 0.15) is 12.6 Å². The van der Waals surface area contributed by atoms with Crippen LogP contribution in [0.3, 0.4) is 0 Å². The summed E-state index contributed by atoms with van der Waals surface area (Å²) in [4.78, 5) is 32.8. The van der Waals surface area contributed by atoms with Crippen LogP contribution in [0.5, 0.6) is 0 Å². The normalized spacial score (nSPS) is 25.1. The highest BCUT2D eigenvalue weighted by Gasteiger charge is 2.38. The van der Waals surface area contributed by atoms with Crippen LogP contribution >= 0.6 is 0 Å². The summed E-state index contributed by atoms with van der Waals surface area (Å²) in [5, 5.41) is 0. The monoisotopic (exact) mass is 311 g/mol. The summed E-state index contributed by atoms with van der Waals surface area (Å²) in [5.41, 5.74) is 4.77. The summed E-state index contributed by atoms with van der Waals surface area (Å²) in [5.74, 6) is -0.0695. The van der Waals surface area contributed by atoms with Gasteiger partial charge in [-0.2, -0.15) is 4.98 Å². The Hall–Kier alpha value is -2.17. The number of aromatic amines is 2. The lowest BCUT2D eigenvalue weighted by Crippen LogP contribution is -2.27. The number of nitrogens with one attached hydrogen (secondary N) is 2. The number of nitrogens with two attached hydrogens (primary N) is 1. The summed E-state index contributed by atoms with van der Waals surface area (Å²) in [6.45, 7) is 0.336. The van der Waals surface area contributed by atoms with Crippen molar-refractivity contribution in [2.75, 3.05) is 26.6 Å². The number of H-pyrrole nitrogens is 2. The fourth-order valence-corrected chi connectivity index (χ4v) is 2.72. The largest absolute Gasteiger partial charge is 0.382 e. The van der Waals surface area contributed by atoms with Gasteiger partial charge in [-0.25, -0.2) is 9.36 Å². The molecule has 0 saturated carbocycles. The van der Waals surface area contributed by atoms with E-state index in [9.17, 15) is 9.59 Å². The molecule has 22 heavy (non-hydrogen) atoms. The summed E-state index contributed by atoms with van der Waals surface area (Å²) in [6, 6.07) is 0. The number of hydrogen-bond acceptors (Lipinski definition) is 7. The van der Waals surface area contributed by atoms with E-state index >= 15 is 0 Å². The van der Waals surface area contributed by atoms with Gasteiger partial charge < -0.3 is 19.9 Å². The molecule has 0 radical (unpaired) electrons. The van der Waals surface area contributed by atoms with Crippen molar-refractivity contribution in [3.05, 3.63) is 20.8 Å². The first-order valence-electron chi connectivity index (χ1n) is 6.72. The lowest BCUT2D eigenvalue weighted by Gasteiger charge is -2.15. The number of aromatic nitrogens is 4. The van der Waals surface area contributed by atoms with E-state index in [1.807, 2.05) is 0 Å². The molecule has 1 fully saturated rings. The standard InChI is InChI=1S/C12H17N5O5/c1-20-4-6-5(21-2)3-7(22-6)17-9-8(14-12(17)19)10(18)16-11(13)15-9/h5-7H,3-4H2,1-2H3,(H,14,19)(H3,13,15,16,18)/t5-,6-,7-/m1/s1. The smallest absolute Gasteiger partial charge is 0.329 e. The first-order chi connectivity index (χ1) is 10.5. The first-order valence-corrected chi connectivity index (χ1v) is 6.72. The van der Waals surface area contributed by atoms with Crippen molar-refractivity contribution in [2.45, 2.75) is 24.9 Å². The molecule has 0 amide bonds. The van der Waals surface area contributed by atoms with Crippen molar-refractivity contribution in [1.29, 1.82) is 0 Å². The van der Waals surface area contributed by atoms with E-state index in [1.165, 1.54) is 4.57 Å². The summed E-state index contributed by atoms with van der Waals surface area (Å²) in [6.07, 6.45) is -0.705. The molecule has 2 aromatic heterocycles. The van der Waals surface area contributed by atoms with Gasteiger partial charge >= 0.3 is 5.69 Å². The molecule has 0 unspecified atom stereocenters. The highest BCUT2D eigenvalue weighted by molar-refractivity contribution is 5.70. The van der Waals surface area contributed by atoms with E-state index < -0.39 is 17.5 Å². The average molecular weight is 311 g/mol. The third-order valence-corrected chi connectivity index (χ3v) is 3.70. The molecule has 4 N–H and O–H groups in total. The van der Waals surface area contributed by atoms with E-state index in [-0.39, 0.29) is 29.3 Å². The summed E-state index contributed by atoms with van der Waals surface area (Å²) >= 11 is 0. The van der Waals surface area contributed by atoms with Gasteiger partial charge in [0, 0.05) is 20.6 Å². The number of fused-ring (bicyclic) bond motifs is 1. The van der Waals surface area contributed by atoms with Gasteiger partial charge in [-0.1, -0.05) is 0 Å². The molecule has 0 spiro atoms. The van der Waals surface area contributed by atoms with Gasteiger partial charge in [0.05, 0.1) is 12.7 Å². The Bertz CT molecular complexity index is 793. The third kappa shape index (κ3) is 2.30. The number of nitrogen functional groups attached to an aromatic ring is 1. The van der Waals surface area contributed by atoms with E-state index in [0.717, 1.165) is 0 Å². The molecule has 0 aliphatic carbocycles. The molecule has 3 atom stereocenters. The number of hydrogen-bond donors (Lipinski definition) is 3. The number of anilines is 1. The molecule has 10 heteroatoms. The molecular formula is C12H17N5O5. The SMILES string of the molecule is COC[C@H]1O[C@@H](n2c(=O)[nH]c3c(=O)[nH]c(N)nc32)C[C@H]1OC.